The quantitative estimate of drug-likeness (QED) is 0.675. The topological polar surface area (TPSA) is 61.1 Å². The summed E-state index contributed by atoms with van der Waals surface area (Å²) in [5, 5.41) is 2.46. The maximum absolute atomic E-state index is 12.2. The average molecular weight is 350 g/mol. The zero-order valence-electron chi connectivity index (χ0n) is 11.2. The van der Waals surface area contributed by atoms with Crippen LogP contribution >= 0.6 is 22.9 Å². The van der Waals surface area contributed by atoms with Gasteiger partial charge in [0, 0.05) is 10.2 Å². The molecule has 0 aliphatic rings. The fourth-order valence-electron chi connectivity index (χ4n) is 1.81. The van der Waals surface area contributed by atoms with Crippen molar-refractivity contribution in [3.8, 4) is 11.3 Å². The van der Waals surface area contributed by atoms with E-state index in [0.717, 1.165) is 5.56 Å². The Morgan fingerprint density at radius 3 is 2.36 bits per heavy atom. The Morgan fingerprint density at radius 1 is 1.00 bits per heavy atom. The number of sulfonamides is 1. The fourth-order valence-corrected chi connectivity index (χ4v) is 3.79. The maximum Gasteiger partial charge on any atom is 0.202 e. The lowest BCUT2D eigenvalue weighted by Crippen LogP contribution is -1.97. The third kappa shape index (κ3) is 3.30. The van der Waals surface area contributed by atoms with Gasteiger partial charge in [-0.2, -0.15) is 11.3 Å². The van der Waals surface area contributed by atoms with Crippen molar-refractivity contribution in [1.82, 2.24) is 4.98 Å². The van der Waals surface area contributed by atoms with Crippen LogP contribution in [0.4, 0.5) is 5.13 Å². The van der Waals surface area contributed by atoms with Gasteiger partial charge in [-0.15, -0.1) is 0 Å². The molecule has 0 aliphatic carbocycles. The van der Waals surface area contributed by atoms with Crippen molar-refractivity contribution < 1.29 is 8.42 Å². The molecule has 0 amide bonds. The first-order valence-electron chi connectivity index (χ1n) is 6.29. The smallest absolute Gasteiger partial charge is 0.202 e. The fraction of sp³-hybridized carbons (Fsp3) is 0. The van der Waals surface area contributed by atoms with E-state index in [1.807, 2.05) is 30.3 Å². The van der Waals surface area contributed by atoms with Crippen molar-refractivity contribution >= 4 is 38.1 Å². The number of rotatable bonds is 4. The lowest BCUT2D eigenvalue weighted by atomic mass is 10.2. The number of benzene rings is 2. The van der Waals surface area contributed by atoms with Crippen LogP contribution in [0.5, 0.6) is 0 Å². The van der Waals surface area contributed by atoms with Gasteiger partial charge in [0.1, 0.15) is 0 Å². The van der Waals surface area contributed by atoms with Gasteiger partial charge in [0.05, 0.1) is 4.90 Å². The third-order valence-corrected chi connectivity index (χ3v) is 5.25. The zero-order chi connectivity index (χ0) is 15.6. The van der Waals surface area contributed by atoms with Crippen molar-refractivity contribution in [2.45, 2.75) is 4.90 Å². The highest BCUT2D eigenvalue weighted by molar-refractivity contribution is 7.94. The van der Waals surface area contributed by atoms with Crippen LogP contribution in [0.25, 0.3) is 16.0 Å². The van der Waals surface area contributed by atoms with E-state index in [9.17, 15) is 8.42 Å². The van der Waals surface area contributed by atoms with Crippen LogP contribution in [-0.4, -0.2) is 13.4 Å². The zero-order valence-corrected chi connectivity index (χ0v) is 13.6. The summed E-state index contributed by atoms with van der Waals surface area (Å²) in [6.45, 7) is 0. The third-order valence-electron chi connectivity index (χ3n) is 2.87. The number of hydrogen-bond acceptors (Lipinski definition) is 4. The molecular weight excluding hydrogens is 340 g/mol. The van der Waals surface area contributed by atoms with Gasteiger partial charge in [0.25, 0.3) is 0 Å². The van der Waals surface area contributed by atoms with E-state index < -0.39 is 10.0 Å². The molecule has 112 valence electrons. The number of thiazole rings is 1. The Bertz CT molecular complexity index is 875. The minimum atomic E-state index is -3.78. The average Bonchev–Trinajstić information content (AvgIpc) is 2.96. The van der Waals surface area contributed by atoms with Crippen LogP contribution < -0.4 is 0 Å². The monoisotopic (exact) mass is 349 g/mol. The van der Waals surface area contributed by atoms with Crippen LogP contribution in [0.15, 0.2) is 64.9 Å². The van der Waals surface area contributed by atoms with Crippen LogP contribution in [0, 0.1) is 0 Å². The Hall–Kier alpha value is -1.89. The summed E-state index contributed by atoms with van der Waals surface area (Å²) in [4.78, 5) is 4.35. The number of nitrogens with zero attached hydrogens (tertiary/aromatic N) is 2. The van der Waals surface area contributed by atoms with Crippen molar-refractivity contribution in [3.63, 3.8) is 0 Å². The van der Waals surface area contributed by atoms with E-state index in [4.69, 9.17) is 11.6 Å². The first-order valence-corrected chi connectivity index (χ1v) is 8.99. The first kappa shape index (κ1) is 15.0. The Kier molecular flexibility index (Phi) is 4.15. The lowest BCUT2D eigenvalue weighted by Gasteiger charge is -2.12. The molecule has 3 aromatic rings. The van der Waals surface area contributed by atoms with Gasteiger partial charge in [0.2, 0.25) is 10.0 Å². The molecule has 0 aliphatic heterocycles. The van der Waals surface area contributed by atoms with Crippen molar-refractivity contribution in [2.75, 3.05) is 0 Å². The van der Waals surface area contributed by atoms with Crippen LogP contribution in [0.3, 0.4) is 0 Å². The van der Waals surface area contributed by atoms with Gasteiger partial charge in [-0.25, -0.2) is 8.42 Å². The maximum atomic E-state index is 12.2. The highest BCUT2D eigenvalue weighted by atomic mass is 35.5. The summed E-state index contributed by atoms with van der Waals surface area (Å²) in [6.07, 6.45) is 0. The summed E-state index contributed by atoms with van der Waals surface area (Å²) >= 11 is 6.94. The second-order valence-electron chi connectivity index (χ2n) is 4.40. The number of aromatic nitrogens is 1. The molecule has 0 N–H and O–H groups in total. The van der Waals surface area contributed by atoms with Gasteiger partial charge in [-0.05, 0) is 40.9 Å². The molecule has 0 spiro atoms. The molecule has 1 aromatic heterocycles. The van der Waals surface area contributed by atoms with Gasteiger partial charge in [-0.1, -0.05) is 41.9 Å². The predicted molar refractivity (Wildman–Crippen MR) is 89.2 cm³/mol. The van der Waals surface area contributed by atoms with Crippen LogP contribution in [-0.2, 0) is 10.0 Å². The van der Waals surface area contributed by atoms with Crippen LogP contribution in [0.2, 0.25) is 5.02 Å². The molecule has 7 heteroatoms. The minimum Gasteiger partial charge on any atom is -0.426 e. The Balaban J connectivity index is 1.84. The molecule has 4 nitrogen and oxygen atoms in total. The van der Waals surface area contributed by atoms with Gasteiger partial charge in [-0.3, -0.25) is 0 Å². The second kappa shape index (κ2) is 6.08. The number of hydrogen-bond donors (Lipinski definition) is 0. The molecule has 0 saturated carbocycles. The second-order valence-corrected chi connectivity index (χ2v) is 7.28. The van der Waals surface area contributed by atoms with Gasteiger partial charge < -0.3 is 9.71 Å². The normalized spacial score (nSPS) is 11.3. The van der Waals surface area contributed by atoms with E-state index >= 15 is 0 Å². The van der Waals surface area contributed by atoms with E-state index in [-0.39, 0.29) is 10.0 Å². The molecule has 1 heterocycles. The molecule has 0 saturated heterocycles. The summed E-state index contributed by atoms with van der Waals surface area (Å²) in [5.41, 5.74) is 1.62. The standard InChI is InChI=1S/C15H10ClN2O2S2/c16-12-6-8-13(9-7-12)22(19,20)18-15-17-14(10-21-15)11-4-2-1-3-5-11/h1-10H/q-1. The Labute approximate surface area is 137 Å². The molecule has 0 atom stereocenters. The first-order chi connectivity index (χ1) is 10.5. The molecule has 22 heavy (non-hydrogen) atoms. The molecule has 0 radical (unpaired) electrons. The SMILES string of the molecule is O=S(=O)([N-]c1nc(-c2ccccc2)cs1)c1ccc(Cl)cc1. The molecule has 3 rings (SSSR count). The largest absolute Gasteiger partial charge is 0.426 e. The molecule has 0 fully saturated rings. The lowest BCUT2D eigenvalue weighted by molar-refractivity contribution is 0.603. The summed E-state index contributed by atoms with van der Waals surface area (Å²) in [7, 11) is -3.78. The van der Waals surface area contributed by atoms with E-state index in [0.29, 0.717) is 10.7 Å². The van der Waals surface area contributed by atoms with Gasteiger partial charge in [0.15, 0.2) is 0 Å². The molecule has 0 unspecified atom stereocenters. The summed E-state index contributed by atoms with van der Waals surface area (Å²) in [6, 6.07) is 15.4. The predicted octanol–water partition coefficient (Wildman–Crippen LogP) is 4.86. The summed E-state index contributed by atoms with van der Waals surface area (Å²) < 4.78 is 28.2. The molecule has 2 aromatic carbocycles. The van der Waals surface area contributed by atoms with Crippen molar-refractivity contribution in [1.29, 1.82) is 0 Å². The highest BCUT2D eigenvalue weighted by Crippen LogP contribution is 2.33. The molecule has 0 bridgehead atoms. The van der Waals surface area contributed by atoms with Gasteiger partial charge >= 0.3 is 0 Å². The minimum absolute atomic E-state index is 0.0911. The van der Waals surface area contributed by atoms with E-state index in [1.54, 1.807) is 5.38 Å². The number of halogens is 1. The molecular formula is C15H10ClN2O2S2-. The van der Waals surface area contributed by atoms with Crippen molar-refractivity contribution in [2.24, 2.45) is 0 Å². The van der Waals surface area contributed by atoms with Crippen LogP contribution in [0.1, 0.15) is 0 Å². The van der Waals surface area contributed by atoms with Crippen molar-refractivity contribution in [3.05, 3.63) is 69.7 Å². The summed E-state index contributed by atoms with van der Waals surface area (Å²) in [5.74, 6) is 0. The van der Waals surface area contributed by atoms with E-state index in [2.05, 4.69) is 9.71 Å². The van der Waals surface area contributed by atoms with E-state index in [1.165, 1.54) is 35.6 Å². The highest BCUT2D eigenvalue weighted by Gasteiger charge is 2.10. The Morgan fingerprint density at radius 2 is 1.68 bits per heavy atom.